The lowest BCUT2D eigenvalue weighted by Gasteiger charge is -1.99. The van der Waals surface area contributed by atoms with Gasteiger partial charge in [0.1, 0.15) is 10.8 Å². The molecule has 0 saturated heterocycles. The lowest BCUT2D eigenvalue weighted by molar-refractivity contribution is 0.650. The molecule has 0 radical (unpaired) electrons. The third-order valence-electron chi connectivity index (χ3n) is 2.73. The van der Waals surface area contributed by atoms with Crippen LogP contribution in [0.4, 0.5) is 4.39 Å². The second-order valence-electron chi connectivity index (χ2n) is 4.32. The van der Waals surface area contributed by atoms with Crippen molar-refractivity contribution in [1.29, 1.82) is 0 Å². The average molecular weight is 286 g/mol. The normalized spacial score (nSPS) is 13.6. The lowest BCUT2D eigenvalue weighted by atomic mass is 10.2. The van der Waals surface area contributed by atoms with E-state index in [0.29, 0.717) is 4.90 Å². The summed E-state index contributed by atoms with van der Waals surface area (Å²) in [6.07, 6.45) is 4.58. The maximum atomic E-state index is 13.8. The third kappa shape index (κ3) is 4.00. The van der Waals surface area contributed by atoms with Gasteiger partial charge in [0.15, 0.2) is 5.16 Å². The van der Waals surface area contributed by atoms with Crippen LogP contribution in [-0.4, -0.2) is 4.21 Å². The molecule has 2 aromatic carbocycles. The van der Waals surface area contributed by atoms with Crippen molar-refractivity contribution in [3.63, 3.8) is 0 Å². The minimum absolute atomic E-state index is 0.470. The van der Waals surface area contributed by atoms with Crippen molar-refractivity contribution in [3.05, 3.63) is 83.0 Å². The zero-order chi connectivity index (χ0) is 14.4. The number of rotatable bonds is 4. The van der Waals surface area contributed by atoms with E-state index in [-0.39, 0.29) is 0 Å². The first-order chi connectivity index (χ1) is 9.66. The molecule has 2 rings (SSSR count). The molecular formula is C17H15FOS. The van der Waals surface area contributed by atoms with Crippen LogP contribution in [0.5, 0.6) is 0 Å². The van der Waals surface area contributed by atoms with Crippen LogP contribution < -0.4 is 0 Å². The van der Waals surface area contributed by atoms with Gasteiger partial charge in [0.05, 0.1) is 0 Å². The maximum absolute atomic E-state index is 13.8. The molecule has 0 aromatic heterocycles. The fraction of sp³-hybridized carbons (Fsp3) is 0.0588. The van der Waals surface area contributed by atoms with Gasteiger partial charge in [-0.1, -0.05) is 60.2 Å². The predicted molar refractivity (Wildman–Crippen MR) is 82.3 cm³/mol. The zero-order valence-corrected chi connectivity index (χ0v) is 11.9. The van der Waals surface area contributed by atoms with E-state index in [1.807, 2.05) is 49.4 Å². The number of benzene rings is 2. The van der Waals surface area contributed by atoms with E-state index in [1.165, 1.54) is 6.08 Å². The van der Waals surface area contributed by atoms with Gasteiger partial charge in [-0.2, -0.15) is 4.39 Å². The highest BCUT2D eigenvalue weighted by Crippen LogP contribution is 2.16. The molecule has 102 valence electrons. The summed E-state index contributed by atoms with van der Waals surface area (Å²) in [5.41, 5.74) is 2.02. The van der Waals surface area contributed by atoms with Gasteiger partial charge in [0.2, 0.25) is 0 Å². The quantitative estimate of drug-likeness (QED) is 0.749. The molecule has 0 spiro atoms. The molecule has 1 atom stereocenters. The summed E-state index contributed by atoms with van der Waals surface area (Å²) < 4.78 is 25.7. The molecule has 0 fully saturated rings. The largest absolute Gasteiger partial charge is 0.247 e. The Morgan fingerprint density at radius 3 is 2.35 bits per heavy atom. The third-order valence-corrected chi connectivity index (χ3v) is 3.92. The van der Waals surface area contributed by atoms with Crippen molar-refractivity contribution in [2.75, 3.05) is 0 Å². The SMILES string of the molecule is Cc1ccc(S(=O)/C(F)=C\C=C\c2ccccc2)cc1. The first kappa shape index (κ1) is 14.4. The number of hydrogen-bond acceptors (Lipinski definition) is 1. The average Bonchev–Trinajstić information content (AvgIpc) is 2.48. The van der Waals surface area contributed by atoms with Crippen molar-refractivity contribution in [2.24, 2.45) is 0 Å². The predicted octanol–water partition coefficient (Wildman–Crippen LogP) is 4.63. The zero-order valence-electron chi connectivity index (χ0n) is 11.1. The second kappa shape index (κ2) is 6.96. The summed E-state index contributed by atoms with van der Waals surface area (Å²) in [7, 11) is -1.75. The van der Waals surface area contributed by atoms with Gasteiger partial charge in [-0.05, 0) is 30.7 Å². The molecule has 2 aromatic rings. The number of halogens is 1. The van der Waals surface area contributed by atoms with Gasteiger partial charge < -0.3 is 0 Å². The maximum Gasteiger partial charge on any atom is 0.191 e. The Morgan fingerprint density at radius 2 is 1.70 bits per heavy atom. The highest BCUT2D eigenvalue weighted by atomic mass is 32.2. The van der Waals surface area contributed by atoms with E-state index >= 15 is 0 Å². The highest BCUT2D eigenvalue weighted by Gasteiger charge is 2.08. The van der Waals surface area contributed by atoms with Crippen LogP contribution in [-0.2, 0) is 10.8 Å². The molecule has 0 aliphatic carbocycles. The van der Waals surface area contributed by atoms with Crippen molar-refractivity contribution >= 4 is 16.9 Å². The molecule has 1 nitrogen and oxygen atoms in total. The van der Waals surface area contributed by atoms with Crippen molar-refractivity contribution < 1.29 is 8.60 Å². The Balaban J connectivity index is 2.08. The van der Waals surface area contributed by atoms with Gasteiger partial charge in [-0.3, -0.25) is 0 Å². The van der Waals surface area contributed by atoms with Crippen molar-refractivity contribution in [2.45, 2.75) is 11.8 Å². The fourth-order valence-electron chi connectivity index (χ4n) is 1.64. The first-order valence-corrected chi connectivity index (χ1v) is 7.39. The van der Waals surface area contributed by atoms with Crippen LogP contribution in [0.25, 0.3) is 6.08 Å². The molecule has 0 aliphatic rings. The molecular weight excluding hydrogens is 271 g/mol. The molecule has 20 heavy (non-hydrogen) atoms. The van der Waals surface area contributed by atoms with Crippen molar-refractivity contribution in [3.8, 4) is 0 Å². The van der Waals surface area contributed by atoms with E-state index in [4.69, 9.17) is 0 Å². The number of allylic oxidation sites excluding steroid dienone is 2. The summed E-state index contributed by atoms with van der Waals surface area (Å²) in [6.45, 7) is 1.93. The molecule has 0 bridgehead atoms. The second-order valence-corrected chi connectivity index (χ2v) is 5.72. The summed E-state index contributed by atoms with van der Waals surface area (Å²) in [5, 5.41) is -0.652. The highest BCUT2D eigenvalue weighted by molar-refractivity contribution is 7.88. The van der Waals surface area contributed by atoms with E-state index < -0.39 is 16.0 Å². The van der Waals surface area contributed by atoms with E-state index in [1.54, 1.807) is 24.3 Å². The summed E-state index contributed by atoms with van der Waals surface area (Å²) >= 11 is 0. The topological polar surface area (TPSA) is 17.1 Å². The van der Waals surface area contributed by atoms with Gasteiger partial charge in [-0.15, -0.1) is 0 Å². The molecule has 0 heterocycles. The van der Waals surface area contributed by atoms with E-state index in [0.717, 1.165) is 11.1 Å². The smallest absolute Gasteiger partial charge is 0.191 e. The molecule has 0 amide bonds. The summed E-state index contributed by atoms with van der Waals surface area (Å²) in [6, 6.07) is 16.6. The summed E-state index contributed by atoms with van der Waals surface area (Å²) in [4.78, 5) is 0.470. The summed E-state index contributed by atoms with van der Waals surface area (Å²) in [5.74, 6) is 0. The Labute approximate surface area is 120 Å². The Morgan fingerprint density at radius 1 is 1.05 bits per heavy atom. The van der Waals surface area contributed by atoms with Gasteiger partial charge in [0, 0.05) is 4.90 Å². The lowest BCUT2D eigenvalue weighted by Crippen LogP contribution is -1.91. The Hall–Kier alpha value is -2.00. The minimum Gasteiger partial charge on any atom is -0.247 e. The van der Waals surface area contributed by atoms with Gasteiger partial charge in [-0.25, -0.2) is 4.21 Å². The minimum atomic E-state index is -1.75. The molecule has 0 N–H and O–H groups in total. The Bertz CT molecular complexity index is 642. The van der Waals surface area contributed by atoms with Crippen molar-refractivity contribution in [1.82, 2.24) is 0 Å². The van der Waals surface area contributed by atoms with Crippen LogP contribution in [0.2, 0.25) is 0 Å². The first-order valence-electron chi connectivity index (χ1n) is 6.24. The number of hydrogen-bond donors (Lipinski definition) is 0. The Kier molecular flexibility index (Phi) is 5.02. The molecule has 0 saturated carbocycles. The van der Waals surface area contributed by atoms with Crippen LogP contribution in [0.1, 0.15) is 11.1 Å². The van der Waals surface area contributed by atoms with Crippen LogP contribution in [0, 0.1) is 6.92 Å². The van der Waals surface area contributed by atoms with Crippen LogP contribution in [0.3, 0.4) is 0 Å². The van der Waals surface area contributed by atoms with E-state index in [2.05, 4.69) is 0 Å². The fourth-order valence-corrected chi connectivity index (χ4v) is 2.45. The van der Waals surface area contributed by atoms with Crippen LogP contribution in [0.15, 0.2) is 76.8 Å². The molecule has 3 heteroatoms. The number of aryl methyl sites for hydroxylation is 1. The standard InChI is InChI=1S/C17H15FOS/c1-14-10-12-16(13-11-14)20(19)17(18)9-5-8-15-6-3-2-4-7-15/h2-13H,1H3/b8-5+,17-9-. The monoisotopic (exact) mass is 286 g/mol. The van der Waals surface area contributed by atoms with Crippen LogP contribution >= 0.6 is 0 Å². The van der Waals surface area contributed by atoms with E-state index in [9.17, 15) is 8.60 Å². The van der Waals surface area contributed by atoms with Gasteiger partial charge in [0.25, 0.3) is 0 Å². The molecule has 0 aliphatic heterocycles. The molecule has 1 unspecified atom stereocenters. The van der Waals surface area contributed by atoms with Gasteiger partial charge >= 0.3 is 0 Å².